The average molecular weight is 387 g/mol. The van der Waals surface area contributed by atoms with Crippen LogP contribution in [0, 0.1) is 6.92 Å². The zero-order valence-electron chi connectivity index (χ0n) is 17.0. The third-order valence-electron chi connectivity index (χ3n) is 4.55. The molecule has 28 heavy (non-hydrogen) atoms. The summed E-state index contributed by atoms with van der Waals surface area (Å²) < 4.78 is 1.59. The average Bonchev–Trinajstić information content (AvgIpc) is 3.06. The Morgan fingerprint density at radius 2 is 1.93 bits per heavy atom. The third-order valence-corrected chi connectivity index (χ3v) is 4.55. The number of pyridine rings is 1. The summed E-state index contributed by atoms with van der Waals surface area (Å²) in [6, 6.07) is 3.43. The van der Waals surface area contributed by atoms with Gasteiger partial charge in [-0.2, -0.15) is 5.10 Å². The van der Waals surface area contributed by atoms with Crippen LogP contribution in [0.1, 0.15) is 21.6 Å². The van der Waals surface area contributed by atoms with Crippen LogP contribution in [0.15, 0.2) is 24.5 Å². The number of nitrogens with one attached hydrogen (secondary N) is 1. The molecule has 3 N–H and O–H groups in total. The first-order valence-electron chi connectivity index (χ1n) is 9.20. The molecule has 2 amide bonds. The number of hydrogen-bond donors (Lipinski definition) is 2. The molecule has 2 heterocycles. The summed E-state index contributed by atoms with van der Waals surface area (Å²) in [5.41, 5.74) is 7.69. The van der Waals surface area contributed by atoms with Crippen LogP contribution in [0.25, 0.3) is 0 Å². The second-order valence-corrected chi connectivity index (χ2v) is 6.85. The predicted molar refractivity (Wildman–Crippen MR) is 108 cm³/mol. The number of nitrogens with two attached hydrogens (primary N) is 1. The molecule has 0 spiro atoms. The van der Waals surface area contributed by atoms with Crippen molar-refractivity contribution < 1.29 is 9.59 Å². The van der Waals surface area contributed by atoms with E-state index in [2.05, 4.69) is 15.4 Å². The molecule has 0 aromatic carbocycles. The van der Waals surface area contributed by atoms with E-state index in [1.807, 2.05) is 25.9 Å². The molecule has 0 saturated heterocycles. The SMILES string of the molecule is Cc1nccc(C(=O)Nc2ccnn2C)c1CCN(CCN(C)C)C(=O)CN. The van der Waals surface area contributed by atoms with Crippen molar-refractivity contribution in [3.8, 4) is 0 Å². The molecule has 152 valence electrons. The number of amides is 2. The minimum absolute atomic E-state index is 0.0344. The molecule has 0 aliphatic carbocycles. The van der Waals surface area contributed by atoms with Gasteiger partial charge in [-0.3, -0.25) is 19.3 Å². The van der Waals surface area contributed by atoms with Gasteiger partial charge >= 0.3 is 0 Å². The van der Waals surface area contributed by atoms with E-state index in [1.54, 1.807) is 41.2 Å². The fourth-order valence-electron chi connectivity index (χ4n) is 2.86. The summed E-state index contributed by atoms with van der Waals surface area (Å²) in [6.07, 6.45) is 3.76. The highest BCUT2D eigenvalue weighted by atomic mass is 16.2. The zero-order chi connectivity index (χ0) is 20.7. The summed E-state index contributed by atoms with van der Waals surface area (Å²) in [7, 11) is 5.67. The van der Waals surface area contributed by atoms with Crippen LogP contribution in [-0.2, 0) is 18.3 Å². The van der Waals surface area contributed by atoms with Gasteiger partial charge in [-0.05, 0) is 39.1 Å². The Morgan fingerprint density at radius 3 is 2.54 bits per heavy atom. The number of anilines is 1. The molecule has 0 aliphatic rings. The number of nitrogens with zero attached hydrogens (tertiary/aromatic N) is 5. The maximum atomic E-state index is 12.8. The van der Waals surface area contributed by atoms with Gasteiger partial charge in [0.05, 0.1) is 12.7 Å². The molecule has 2 rings (SSSR count). The molecule has 9 nitrogen and oxygen atoms in total. The van der Waals surface area contributed by atoms with Crippen LogP contribution in [0.5, 0.6) is 0 Å². The van der Waals surface area contributed by atoms with Crippen molar-refractivity contribution in [2.75, 3.05) is 45.6 Å². The normalized spacial score (nSPS) is 10.9. The van der Waals surface area contributed by atoms with Crippen LogP contribution in [-0.4, -0.2) is 76.7 Å². The lowest BCUT2D eigenvalue weighted by molar-refractivity contribution is -0.129. The van der Waals surface area contributed by atoms with Crippen molar-refractivity contribution in [2.45, 2.75) is 13.3 Å². The second kappa shape index (κ2) is 9.95. The first-order chi connectivity index (χ1) is 13.3. The van der Waals surface area contributed by atoms with Gasteiger partial charge in [0.15, 0.2) is 0 Å². The number of likely N-dealkylation sites (N-methyl/N-ethyl adjacent to an activating group) is 1. The summed E-state index contributed by atoms with van der Waals surface area (Å²) in [6.45, 7) is 3.63. The van der Waals surface area contributed by atoms with Crippen LogP contribution >= 0.6 is 0 Å². The molecule has 0 radical (unpaired) electrons. The van der Waals surface area contributed by atoms with Gasteiger partial charge in [0.2, 0.25) is 5.91 Å². The van der Waals surface area contributed by atoms with E-state index in [0.717, 1.165) is 17.8 Å². The third kappa shape index (κ3) is 5.61. The number of aryl methyl sites for hydroxylation is 2. The molecule has 0 bridgehead atoms. The van der Waals surface area contributed by atoms with Crippen molar-refractivity contribution in [1.82, 2.24) is 24.6 Å². The Balaban J connectivity index is 2.16. The fourth-order valence-corrected chi connectivity index (χ4v) is 2.86. The number of aromatic nitrogens is 3. The van der Waals surface area contributed by atoms with E-state index in [1.165, 1.54) is 0 Å². The van der Waals surface area contributed by atoms with Gasteiger partial charge in [-0.25, -0.2) is 0 Å². The minimum atomic E-state index is -0.228. The Morgan fingerprint density at radius 1 is 1.18 bits per heavy atom. The molecule has 0 aliphatic heterocycles. The van der Waals surface area contributed by atoms with E-state index >= 15 is 0 Å². The Bertz CT molecular complexity index is 816. The number of carbonyl (C=O) groups is 2. The Kier molecular flexibility index (Phi) is 7.65. The van der Waals surface area contributed by atoms with E-state index in [9.17, 15) is 9.59 Å². The highest BCUT2D eigenvalue weighted by molar-refractivity contribution is 6.05. The number of rotatable bonds is 9. The Hall–Kier alpha value is -2.78. The summed E-state index contributed by atoms with van der Waals surface area (Å²) in [4.78, 5) is 33.0. The molecule has 2 aromatic rings. The lowest BCUT2D eigenvalue weighted by atomic mass is 10.0. The van der Waals surface area contributed by atoms with E-state index < -0.39 is 0 Å². The molecule has 2 aromatic heterocycles. The fraction of sp³-hybridized carbons (Fsp3) is 0.474. The van der Waals surface area contributed by atoms with Crippen LogP contribution in [0.2, 0.25) is 0 Å². The van der Waals surface area contributed by atoms with Crippen LogP contribution in [0.3, 0.4) is 0 Å². The van der Waals surface area contributed by atoms with Crippen LogP contribution in [0.4, 0.5) is 5.82 Å². The number of carbonyl (C=O) groups excluding carboxylic acids is 2. The van der Waals surface area contributed by atoms with Crippen molar-refractivity contribution in [2.24, 2.45) is 12.8 Å². The second-order valence-electron chi connectivity index (χ2n) is 6.85. The van der Waals surface area contributed by atoms with E-state index in [-0.39, 0.29) is 18.4 Å². The standard InChI is InChI=1S/C19H29N7O2/c1-14-15(7-10-26(18(27)13-20)12-11-24(2)3)16(5-8-21-14)19(28)23-17-6-9-22-25(17)4/h5-6,8-9H,7,10-13,20H2,1-4H3,(H,23,28). The van der Waals surface area contributed by atoms with Crippen molar-refractivity contribution in [3.63, 3.8) is 0 Å². The topological polar surface area (TPSA) is 109 Å². The van der Waals surface area contributed by atoms with Gasteiger partial charge in [-0.15, -0.1) is 0 Å². The summed E-state index contributed by atoms with van der Waals surface area (Å²) in [5.74, 6) is 0.273. The minimum Gasteiger partial charge on any atom is -0.340 e. The van der Waals surface area contributed by atoms with E-state index in [4.69, 9.17) is 5.73 Å². The molecule has 9 heteroatoms. The molecule has 0 atom stereocenters. The predicted octanol–water partition coefficient (Wildman–Crippen LogP) is 0.267. The van der Waals surface area contributed by atoms with Crippen molar-refractivity contribution in [3.05, 3.63) is 41.3 Å². The molecule has 0 saturated carbocycles. The largest absolute Gasteiger partial charge is 0.340 e. The highest BCUT2D eigenvalue weighted by Gasteiger charge is 2.18. The van der Waals surface area contributed by atoms with E-state index in [0.29, 0.717) is 30.9 Å². The molecule has 0 unspecified atom stereocenters. The van der Waals surface area contributed by atoms with Gasteiger partial charge in [0.25, 0.3) is 5.91 Å². The first-order valence-corrected chi connectivity index (χ1v) is 9.20. The Labute approximate surface area is 165 Å². The van der Waals surface area contributed by atoms with Crippen molar-refractivity contribution >= 4 is 17.6 Å². The molecular formula is C19H29N7O2. The van der Waals surface area contributed by atoms with Crippen LogP contribution < -0.4 is 11.1 Å². The zero-order valence-corrected chi connectivity index (χ0v) is 17.0. The smallest absolute Gasteiger partial charge is 0.257 e. The van der Waals surface area contributed by atoms with Gasteiger partial charge in [0.1, 0.15) is 5.82 Å². The monoisotopic (exact) mass is 387 g/mol. The lowest BCUT2D eigenvalue weighted by Gasteiger charge is -2.24. The van der Waals surface area contributed by atoms with Crippen molar-refractivity contribution in [1.29, 1.82) is 0 Å². The summed E-state index contributed by atoms with van der Waals surface area (Å²) >= 11 is 0. The van der Waals surface area contributed by atoms with Gasteiger partial charge < -0.3 is 20.9 Å². The lowest BCUT2D eigenvalue weighted by Crippen LogP contribution is -2.41. The number of hydrogen-bond acceptors (Lipinski definition) is 6. The molecular weight excluding hydrogens is 358 g/mol. The maximum Gasteiger partial charge on any atom is 0.257 e. The maximum absolute atomic E-state index is 12.8. The van der Waals surface area contributed by atoms with Gasteiger partial charge in [-0.1, -0.05) is 0 Å². The summed E-state index contributed by atoms with van der Waals surface area (Å²) in [5, 5.41) is 6.92. The van der Waals surface area contributed by atoms with Gasteiger partial charge in [0, 0.05) is 50.2 Å². The first kappa shape index (κ1) is 21.5. The highest BCUT2D eigenvalue weighted by Crippen LogP contribution is 2.16. The quantitative estimate of drug-likeness (QED) is 0.639. The molecule has 0 fully saturated rings.